The van der Waals surface area contributed by atoms with E-state index in [2.05, 4.69) is 52.9 Å². The third kappa shape index (κ3) is 3.28. The summed E-state index contributed by atoms with van der Waals surface area (Å²) in [6, 6.07) is 8.62. The van der Waals surface area contributed by atoms with E-state index in [1.54, 1.807) is 0 Å². The zero-order valence-corrected chi connectivity index (χ0v) is 10.3. The maximum absolute atomic E-state index is 3.87. The van der Waals surface area contributed by atoms with Gasteiger partial charge in [-0.15, -0.1) is 0 Å². The van der Waals surface area contributed by atoms with Crippen molar-refractivity contribution in [3.05, 3.63) is 46.5 Å². The van der Waals surface area contributed by atoms with E-state index in [9.17, 15) is 0 Å². The van der Waals surface area contributed by atoms with E-state index in [0.29, 0.717) is 6.04 Å². The zero-order valence-electron chi connectivity index (χ0n) is 8.68. The molecule has 0 aliphatic heterocycles. The fourth-order valence-electron chi connectivity index (χ4n) is 1.26. The quantitative estimate of drug-likeness (QED) is 0.808. The molecule has 0 unspecified atom stereocenters. The Balaban J connectivity index is 2.65. The van der Waals surface area contributed by atoms with Crippen LogP contribution >= 0.6 is 15.9 Å². The van der Waals surface area contributed by atoms with Crippen molar-refractivity contribution < 1.29 is 0 Å². The Hall–Kier alpha value is -0.600. The van der Waals surface area contributed by atoms with Crippen LogP contribution in [0.3, 0.4) is 0 Å². The van der Waals surface area contributed by atoms with Gasteiger partial charge in [0.1, 0.15) is 0 Å². The van der Waals surface area contributed by atoms with Gasteiger partial charge in [0, 0.05) is 17.1 Å². The molecule has 0 aromatic heterocycles. The summed E-state index contributed by atoms with van der Waals surface area (Å²) in [4.78, 5) is 0. The van der Waals surface area contributed by atoms with Gasteiger partial charge in [0.2, 0.25) is 0 Å². The standard InChI is InChI=1S/C12H16BrN/c1-9(2)8-14-10(3)11-6-4-5-7-12(11)13/h4-7,10,14H,1,8H2,2-3H3/t10-/m0/s1. The third-order valence-corrected chi connectivity index (χ3v) is 2.80. The Kier molecular flexibility index (Phi) is 4.36. The number of hydrogen-bond donors (Lipinski definition) is 1. The van der Waals surface area contributed by atoms with E-state index in [-0.39, 0.29) is 0 Å². The van der Waals surface area contributed by atoms with Crippen molar-refractivity contribution in [1.29, 1.82) is 0 Å². The lowest BCUT2D eigenvalue weighted by molar-refractivity contribution is 0.605. The van der Waals surface area contributed by atoms with Crippen molar-refractivity contribution in [2.24, 2.45) is 0 Å². The summed E-state index contributed by atoms with van der Waals surface area (Å²) in [6.45, 7) is 8.92. The molecule has 1 rings (SSSR count). The lowest BCUT2D eigenvalue weighted by Gasteiger charge is -2.15. The Morgan fingerprint density at radius 2 is 2.14 bits per heavy atom. The molecule has 0 amide bonds. The summed E-state index contributed by atoms with van der Waals surface area (Å²) in [6.07, 6.45) is 0. The summed E-state index contributed by atoms with van der Waals surface area (Å²) in [5.41, 5.74) is 2.44. The average Bonchev–Trinajstić information content (AvgIpc) is 2.15. The van der Waals surface area contributed by atoms with Crippen LogP contribution in [0.1, 0.15) is 25.5 Å². The molecule has 0 heterocycles. The molecule has 1 N–H and O–H groups in total. The van der Waals surface area contributed by atoms with Crippen LogP contribution in [0.25, 0.3) is 0 Å². The van der Waals surface area contributed by atoms with E-state index in [4.69, 9.17) is 0 Å². The molecule has 0 radical (unpaired) electrons. The Labute approximate surface area is 94.3 Å². The first-order valence-electron chi connectivity index (χ1n) is 4.73. The van der Waals surface area contributed by atoms with Crippen LogP contribution in [0.4, 0.5) is 0 Å². The number of hydrogen-bond acceptors (Lipinski definition) is 1. The smallest absolute Gasteiger partial charge is 0.0305 e. The molecule has 0 aliphatic rings. The number of rotatable bonds is 4. The van der Waals surface area contributed by atoms with Crippen molar-refractivity contribution in [2.45, 2.75) is 19.9 Å². The number of halogens is 1. The summed E-state index contributed by atoms with van der Waals surface area (Å²) < 4.78 is 1.15. The largest absolute Gasteiger partial charge is 0.306 e. The lowest BCUT2D eigenvalue weighted by atomic mass is 10.1. The molecular weight excluding hydrogens is 238 g/mol. The lowest BCUT2D eigenvalue weighted by Crippen LogP contribution is -2.20. The number of benzene rings is 1. The highest BCUT2D eigenvalue weighted by Crippen LogP contribution is 2.22. The third-order valence-electron chi connectivity index (χ3n) is 2.08. The minimum atomic E-state index is 0.349. The van der Waals surface area contributed by atoms with Crippen LogP contribution in [-0.2, 0) is 0 Å². The molecule has 2 heteroatoms. The van der Waals surface area contributed by atoms with E-state index < -0.39 is 0 Å². The number of nitrogens with one attached hydrogen (secondary N) is 1. The van der Waals surface area contributed by atoms with E-state index in [1.807, 2.05) is 13.0 Å². The van der Waals surface area contributed by atoms with Gasteiger partial charge in [0.15, 0.2) is 0 Å². The highest BCUT2D eigenvalue weighted by atomic mass is 79.9. The summed E-state index contributed by atoms with van der Waals surface area (Å²) >= 11 is 3.54. The van der Waals surface area contributed by atoms with Crippen molar-refractivity contribution in [3.63, 3.8) is 0 Å². The maximum Gasteiger partial charge on any atom is 0.0305 e. The molecule has 0 saturated heterocycles. The predicted molar refractivity (Wildman–Crippen MR) is 65.4 cm³/mol. The van der Waals surface area contributed by atoms with Crippen LogP contribution in [0.15, 0.2) is 40.9 Å². The Morgan fingerprint density at radius 3 is 2.71 bits per heavy atom. The van der Waals surface area contributed by atoms with Gasteiger partial charge in [-0.25, -0.2) is 0 Å². The second kappa shape index (κ2) is 5.32. The first kappa shape index (κ1) is 11.5. The van der Waals surface area contributed by atoms with Gasteiger partial charge < -0.3 is 5.32 Å². The van der Waals surface area contributed by atoms with Crippen LogP contribution < -0.4 is 5.32 Å². The van der Waals surface area contributed by atoms with Crippen LogP contribution in [0, 0.1) is 0 Å². The first-order chi connectivity index (χ1) is 6.61. The van der Waals surface area contributed by atoms with E-state index in [0.717, 1.165) is 16.6 Å². The van der Waals surface area contributed by atoms with E-state index >= 15 is 0 Å². The van der Waals surface area contributed by atoms with Crippen molar-refractivity contribution in [1.82, 2.24) is 5.32 Å². The molecule has 0 spiro atoms. The van der Waals surface area contributed by atoms with Crippen LogP contribution in [0.2, 0.25) is 0 Å². The van der Waals surface area contributed by atoms with Crippen molar-refractivity contribution in [3.8, 4) is 0 Å². The van der Waals surface area contributed by atoms with Gasteiger partial charge in [-0.2, -0.15) is 0 Å². The highest BCUT2D eigenvalue weighted by Gasteiger charge is 2.06. The van der Waals surface area contributed by atoms with Crippen molar-refractivity contribution >= 4 is 15.9 Å². The molecule has 1 aromatic rings. The molecule has 0 aliphatic carbocycles. The molecule has 1 atom stereocenters. The second-order valence-electron chi connectivity index (χ2n) is 3.58. The van der Waals surface area contributed by atoms with Gasteiger partial charge in [-0.05, 0) is 25.5 Å². The van der Waals surface area contributed by atoms with Gasteiger partial charge in [0.05, 0.1) is 0 Å². The molecule has 14 heavy (non-hydrogen) atoms. The van der Waals surface area contributed by atoms with Crippen LogP contribution in [0.5, 0.6) is 0 Å². The molecule has 1 aromatic carbocycles. The summed E-state index contributed by atoms with van der Waals surface area (Å²) in [7, 11) is 0. The topological polar surface area (TPSA) is 12.0 Å². The Morgan fingerprint density at radius 1 is 1.50 bits per heavy atom. The predicted octanol–water partition coefficient (Wildman–Crippen LogP) is 3.68. The maximum atomic E-state index is 3.87. The first-order valence-corrected chi connectivity index (χ1v) is 5.52. The molecule has 0 fully saturated rings. The van der Waals surface area contributed by atoms with Gasteiger partial charge in [-0.1, -0.05) is 46.3 Å². The summed E-state index contributed by atoms with van der Waals surface area (Å²) in [5.74, 6) is 0. The van der Waals surface area contributed by atoms with Gasteiger partial charge >= 0.3 is 0 Å². The molecular formula is C12H16BrN. The minimum absolute atomic E-state index is 0.349. The van der Waals surface area contributed by atoms with Crippen LogP contribution in [-0.4, -0.2) is 6.54 Å². The van der Waals surface area contributed by atoms with Gasteiger partial charge in [-0.3, -0.25) is 0 Å². The molecule has 0 bridgehead atoms. The van der Waals surface area contributed by atoms with Crippen molar-refractivity contribution in [2.75, 3.05) is 6.54 Å². The average molecular weight is 254 g/mol. The fraction of sp³-hybridized carbons (Fsp3) is 0.333. The molecule has 0 saturated carbocycles. The normalized spacial score (nSPS) is 12.5. The molecule has 76 valence electrons. The van der Waals surface area contributed by atoms with Gasteiger partial charge in [0.25, 0.3) is 0 Å². The zero-order chi connectivity index (χ0) is 10.6. The Bertz CT molecular complexity index is 320. The monoisotopic (exact) mass is 253 g/mol. The van der Waals surface area contributed by atoms with E-state index in [1.165, 1.54) is 5.56 Å². The molecule has 1 nitrogen and oxygen atoms in total. The SMILES string of the molecule is C=C(C)CN[C@@H](C)c1ccccc1Br. The fourth-order valence-corrected chi connectivity index (χ4v) is 1.89. The summed E-state index contributed by atoms with van der Waals surface area (Å²) in [5, 5.41) is 3.41. The second-order valence-corrected chi connectivity index (χ2v) is 4.44. The minimum Gasteiger partial charge on any atom is -0.306 e. The highest BCUT2D eigenvalue weighted by molar-refractivity contribution is 9.10.